The third kappa shape index (κ3) is 3.28. The van der Waals surface area contributed by atoms with Crippen LogP contribution in [0, 0.1) is 12.7 Å². The molecule has 1 aliphatic carbocycles. The van der Waals surface area contributed by atoms with E-state index in [9.17, 15) is 14.3 Å². The Morgan fingerprint density at radius 1 is 1.41 bits per heavy atom. The SMILES string of the molecule is Cc1ccc(Cc2cc3c(c(F)c2Cl)OCN([C@H]2CCC[C@@H]2O)C3=O)cn1. The first-order valence-electron chi connectivity index (χ1n) is 9.00. The lowest BCUT2D eigenvalue weighted by atomic mass is 10.0. The molecule has 1 aromatic heterocycles. The van der Waals surface area contributed by atoms with Crippen LogP contribution in [-0.2, 0) is 6.42 Å². The van der Waals surface area contributed by atoms with Crippen LogP contribution in [0.5, 0.6) is 5.75 Å². The molecule has 1 amide bonds. The number of fused-ring (bicyclic) bond motifs is 1. The molecular formula is C20H20ClFN2O3. The monoisotopic (exact) mass is 390 g/mol. The lowest BCUT2D eigenvalue weighted by Gasteiger charge is -2.35. The molecule has 142 valence electrons. The van der Waals surface area contributed by atoms with E-state index in [-0.39, 0.29) is 35.0 Å². The molecule has 2 aromatic rings. The second-order valence-electron chi connectivity index (χ2n) is 7.14. The van der Waals surface area contributed by atoms with Crippen LogP contribution in [0.3, 0.4) is 0 Å². The van der Waals surface area contributed by atoms with E-state index in [1.807, 2.05) is 19.1 Å². The number of carbonyl (C=O) groups is 1. The summed E-state index contributed by atoms with van der Waals surface area (Å²) in [5.74, 6) is -1.16. The molecule has 2 heterocycles. The Morgan fingerprint density at radius 2 is 2.22 bits per heavy atom. The highest BCUT2D eigenvalue weighted by Crippen LogP contribution is 2.38. The first-order chi connectivity index (χ1) is 13.0. The molecule has 1 fully saturated rings. The van der Waals surface area contributed by atoms with E-state index in [1.54, 1.807) is 12.3 Å². The molecule has 4 rings (SSSR count). The van der Waals surface area contributed by atoms with Gasteiger partial charge < -0.3 is 9.84 Å². The molecule has 0 radical (unpaired) electrons. The van der Waals surface area contributed by atoms with Crippen LogP contribution in [0.2, 0.25) is 5.02 Å². The second kappa shape index (κ2) is 7.09. The zero-order valence-electron chi connectivity index (χ0n) is 14.9. The quantitative estimate of drug-likeness (QED) is 0.871. The normalized spacial score (nSPS) is 21.9. The van der Waals surface area contributed by atoms with Gasteiger partial charge in [-0.25, -0.2) is 4.39 Å². The van der Waals surface area contributed by atoms with Crippen LogP contribution < -0.4 is 4.74 Å². The first-order valence-corrected chi connectivity index (χ1v) is 9.37. The molecule has 1 saturated carbocycles. The van der Waals surface area contributed by atoms with Crippen LogP contribution in [-0.4, -0.2) is 39.8 Å². The van der Waals surface area contributed by atoms with Crippen LogP contribution in [0.4, 0.5) is 4.39 Å². The number of nitrogens with zero attached hydrogens (tertiary/aromatic N) is 2. The van der Waals surface area contributed by atoms with Crippen molar-refractivity contribution in [2.24, 2.45) is 0 Å². The molecule has 1 N–H and O–H groups in total. The van der Waals surface area contributed by atoms with Crippen LogP contribution in [0.1, 0.15) is 46.4 Å². The van der Waals surface area contributed by atoms with Crippen molar-refractivity contribution in [3.8, 4) is 5.75 Å². The van der Waals surface area contributed by atoms with Crippen molar-refractivity contribution in [1.82, 2.24) is 9.88 Å². The number of aryl methyl sites for hydroxylation is 1. The lowest BCUT2D eigenvalue weighted by Crippen LogP contribution is -2.48. The average molecular weight is 391 g/mol. The Bertz CT molecular complexity index is 888. The summed E-state index contributed by atoms with van der Waals surface area (Å²) < 4.78 is 20.3. The highest BCUT2D eigenvalue weighted by Gasteiger charge is 2.39. The Hall–Kier alpha value is -2.18. The smallest absolute Gasteiger partial charge is 0.260 e. The minimum atomic E-state index is -0.718. The number of aromatic nitrogens is 1. The topological polar surface area (TPSA) is 62.7 Å². The minimum Gasteiger partial charge on any atom is -0.469 e. The molecule has 5 nitrogen and oxygen atoms in total. The van der Waals surface area contributed by atoms with Gasteiger partial charge in [0.1, 0.15) is 0 Å². The number of aliphatic hydroxyl groups is 1. The van der Waals surface area contributed by atoms with E-state index in [1.165, 1.54) is 4.90 Å². The maximum Gasteiger partial charge on any atom is 0.260 e. The van der Waals surface area contributed by atoms with Gasteiger partial charge in [-0.2, -0.15) is 0 Å². The molecule has 0 unspecified atom stereocenters. The Morgan fingerprint density at radius 3 is 2.89 bits per heavy atom. The third-order valence-electron chi connectivity index (χ3n) is 5.29. The van der Waals surface area contributed by atoms with E-state index in [2.05, 4.69) is 4.98 Å². The van der Waals surface area contributed by atoms with Crippen molar-refractivity contribution in [1.29, 1.82) is 0 Å². The van der Waals surface area contributed by atoms with Gasteiger partial charge in [0.15, 0.2) is 18.3 Å². The number of halogens is 2. The fraction of sp³-hybridized carbons (Fsp3) is 0.400. The largest absolute Gasteiger partial charge is 0.469 e. The van der Waals surface area contributed by atoms with Gasteiger partial charge in [0.05, 0.1) is 22.7 Å². The van der Waals surface area contributed by atoms with E-state index < -0.39 is 11.9 Å². The number of carbonyl (C=O) groups excluding carboxylic acids is 1. The zero-order chi connectivity index (χ0) is 19.1. The second-order valence-corrected chi connectivity index (χ2v) is 7.52. The van der Waals surface area contributed by atoms with Crippen molar-refractivity contribution in [2.45, 2.75) is 44.8 Å². The predicted octanol–water partition coefficient (Wildman–Crippen LogP) is 3.48. The molecule has 2 atom stereocenters. The van der Waals surface area contributed by atoms with Crippen LogP contribution >= 0.6 is 11.6 Å². The number of aliphatic hydroxyl groups excluding tert-OH is 1. The van der Waals surface area contributed by atoms with Gasteiger partial charge in [0.25, 0.3) is 5.91 Å². The summed E-state index contributed by atoms with van der Waals surface area (Å²) in [6, 6.07) is 5.07. The van der Waals surface area contributed by atoms with Gasteiger partial charge in [0.2, 0.25) is 0 Å². The van der Waals surface area contributed by atoms with Crippen molar-refractivity contribution < 1.29 is 19.0 Å². The Kier molecular flexibility index (Phi) is 4.78. The zero-order valence-corrected chi connectivity index (χ0v) is 15.7. The van der Waals surface area contributed by atoms with Gasteiger partial charge in [-0.15, -0.1) is 0 Å². The maximum absolute atomic E-state index is 14.8. The number of rotatable bonds is 3. The van der Waals surface area contributed by atoms with Gasteiger partial charge in [-0.1, -0.05) is 17.7 Å². The molecule has 1 aromatic carbocycles. The average Bonchev–Trinajstić information content (AvgIpc) is 3.08. The van der Waals surface area contributed by atoms with E-state index in [0.717, 1.165) is 17.7 Å². The summed E-state index contributed by atoms with van der Waals surface area (Å²) >= 11 is 6.21. The molecule has 0 spiro atoms. The van der Waals surface area contributed by atoms with Crippen molar-refractivity contribution in [2.75, 3.05) is 6.73 Å². The lowest BCUT2D eigenvalue weighted by molar-refractivity contribution is 0.0116. The Balaban J connectivity index is 1.68. The van der Waals surface area contributed by atoms with E-state index >= 15 is 0 Å². The molecule has 0 bridgehead atoms. The standard InChI is InChI=1S/C20H20ClFN2O3/c1-11-5-6-12(9-23-11)7-13-8-14-19(18(22)17(13)21)27-10-24(20(14)26)15-3-2-4-16(15)25/h5-6,8-9,15-16,25H,2-4,7,10H2,1H3/t15-,16-/m0/s1. The molecule has 27 heavy (non-hydrogen) atoms. The summed E-state index contributed by atoms with van der Waals surface area (Å²) in [4.78, 5) is 18.7. The summed E-state index contributed by atoms with van der Waals surface area (Å²) in [5, 5.41) is 10.1. The Labute approximate surface area is 161 Å². The minimum absolute atomic E-state index is 0.0449. The van der Waals surface area contributed by atoms with Gasteiger partial charge in [-0.3, -0.25) is 14.7 Å². The molecule has 1 aliphatic heterocycles. The van der Waals surface area contributed by atoms with Crippen molar-refractivity contribution in [3.05, 3.63) is 57.6 Å². The molecule has 7 heteroatoms. The number of pyridine rings is 1. The third-order valence-corrected chi connectivity index (χ3v) is 5.70. The van der Waals surface area contributed by atoms with Crippen molar-refractivity contribution in [3.63, 3.8) is 0 Å². The summed E-state index contributed by atoms with van der Waals surface area (Å²) in [5.41, 5.74) is 2.41. The first kappa shape index (κ1) is 18.2. The summed E-state index contributed by atoms with van der Waals surface area (Å²) in [6.45, 7) is 1.80. The molecule has 2 aliphatic rings. The van der Waals surface area contributed by atoms with Crippen molar-refractivity contribution >= 4 is 17.5 Å². The van der Waals surface area contributed by atoms with E-state index in [4.69, 9.17) is 16.3 Å². The number of benzene rings is 1. The summed E-state index contributed by atoms with van der Waals surface area (Å²) in [6.07, 6.45) is 3.71. The number of ether oxygens (including phenoxy) is 1. The molecule has 0 saturated heterocycles. The highest BCUT2D eigenvalue weighted by atomic mass is 35.5. The highest BCUT2D eigenvalue weighted by molar-refractivity contribution is 6.32. The van der Waals surface area contributed by atoms with Crippen LogP contribution in [0.15, 0.2) is 24.4 Å². The van der Waals surface area contributed by atoms with E-state index in [0.29, 0.717) is 24.8 Å². The maximum atomic E-state index is 14.8. The number of amides is 1. The van der Waals surface area contributed by atoms with Crippen LogP contribution in [0.25, 0.3) is 0 Å². The van der Waals surface area contributed by atoms with Gasteiger partial charge >= 0.3 is 0 Å². The fourth-order valence-electron chi connectivity index (χ4n) is 3.79. The van der Waals surface area contributed by atoms with Gasteiger partial charge in [-0.05, 0) is 49.4 Å². The fourth-order valence-corrected chi connectivity index (χ4v) is 4.00. The number of hydrogen-bond acceptors (Lipinski definition) is 4. The number of hydrogen-bond donors (Lipinski definition) is 1. The summed E-state index contributed by atoms with van der Waals surface area (Å²) in [7, 11) is 0. The van der Waals surface area contributed by atoms with Gasteiger partial charge in [0, 0.05) is 18.3 Å². The molecular weight excluding hydrogens is 371 g/mol. The predicted molar refractivity (Wildman–Crippen MR) is 98.5 cm³/mol.